The molecule has 2 nitrogen and oxygen atoms in total. The normalized spacial score (nSPS) is 28.9. The summed E-state index contributed by atoms with van der Waals surface area (Å²) in [6.07, 6.45) is 8.88. The average Bonchev–Trinajstić information content (AvgIpc) is 2.87. The van der Waals surface area contributed by atoms with E-state index in [1.807, 2.05) is 0 Å². The highest BCUT2D eigenvalue weighted by atomic mass is 15.2. The van der Waals surface area contributed by atoms with Gasteiger partial charge in [0.25, 0.3) is 0 Å². The highest BCUT2D eigenvalue weighted by Crippen LogP contribution is 2.41. The smallest absolute Gasteiger partial charge is 0.0233 e. The van der Waals surface area contributed by atoms with E-state index in [4.69, 9.17) is 0 Å². The molecule has 2 saturated heterocycles. The predicted molar refractivity (Wildman–Crippen MR) is 67.2 cm³/mol. The van der Waals surface area contributed by atoms with Crippen molar-refractivity contribution in [1.29, 1.82) is 0 Å². The standard InChI is InChI=1S/C14H22N2/c1-12-2-3-13(10-12)16-9-6-14(11-16)4-7-15-8-5-14/h10,15H,1-9,11H2. The fourth-order valence-electron chi connectivity index (χ4n) is 3.46. The molecular formula is C14H22N2. The molecule has 2 heterocycles. The molecule has 0 saturated carbocycles. The molecule has 0 amide bonds. The summed E-state index contributed by atoms with van der Waals surface area (Å²) < 4.78 is 0. The van der Waals surface area contributed by atoms with Gasteiger partial charge in [0, 0.05) is 18.8 Å². The van der Waals surface area contributed by atoms with Crippen LogP contribution in [0.25, 0.3) is 0 Å². The zero-order valence-corrected chi connectivity index (χ0v) is 10.1. The van der Waals surface area contributed by atoms with E-state index in [2.05, 4.69) is 22.9 Å². The third-order valence-corrected chi connectivity index (χ3v) is 4.58. The van der Waals surface area contributed by atoms with Gasteiger partial charge >= 0.3 is 0 Å². The lowest BCUT2D eigenvalue weighted by atomic mass is 9.78. The summed E-state index contributed by atoms with van der Waals surface area (Å²) >= 11 is 0. The molecule has 0 aromatic heterocycles. The van der Waals surface area contributed by atoms with Crippen molar-refractivity contribution in [3.05, 3.63) is 23.9 Å². The molecule has 2 fully saturated rings. The van der Waals surface area contributed by atoms with Gasteiger partial charge in [0.1, 0.15) is 0 Å². The van der Waals surface area contributed by atoms with Crippen LogP contribution >= 0.6 is 0 Å². The van der Waals surface area contributed by atoms with Crippen LogP contribution in [0.3, 0.4) is 0 Å². The van der Waals surface area contributed by atoms with Crippen molar-refractivity contribution < 1.29 is 0 Å². The lowest BCUT2D eigenvalue weighted by molar-refractivity contribution is 0.208. The number of piperidine rings is 1. The molecule has 2 aliphatic heterocycles. The first-order chi connectivity index (χ1) is 7.77. The van der Waals surface area contributed by atoms with Gasteiger partial charge in [0.05, 0.1) is 0 Å². The van der Waals surface area contributed by atoms with Crippen molar-refractivity contribution >= 4 is 0 Å². The van der Waals surface area contributed by atoms with Crippen molar-refractivity contribution in [1.82, 2.24) is 10.2 Å². The van der Waals surface area contributed by atoms with Gasteiger partial charge in [-0.1, -0.05) is 12.2 Å². The van der Waals surface area contributed by atoms with E-state index in [9.17, 15) is 0 Å². The quantitative estimate of drug-likeness (QED) is 0.726. The predicted octanol–water partition coefficient (Wildman–Crippen LogP) is 2.30. The van der Waals surface area contributed by atoms with Crippen LogP contribution in [-0.2, 0) is 0 Å². The van der Waals surface area contributed by atoms with Gasteiger partial charge in [-0.15, -0.1) is 0 Å². The fourth-order valence-corrected chi connectivity index (χ4v) is 3.46. The maximum Gasteiger partial charge on any atom is 0.0233 e. The molecule has 0 unspecified atom stereocenters. The van der Waals surface area contributed by atoms with E-state index < -0.39 is 0 Å². The van der Waals surface area contributed by atoms with Gasteiger partial charge in [-0.25, -0.2) is 0 Å². The van der Waals surface area contributed by atoms with Crippen molar-refractivity contribution in [2.24, 2.45) is 5.41 Å². The lowest BCUT2D eigenvalue weighted by Gasteiger charge is -2.34. The molecule has 1 aliphatic carbocycles. The second kappa shape index (κ2) is 3.92. The first-order valence-electron chi connectivity index (χ1n) is 6.62. The molecule has 2 heteroatoms. The average molecular weight is 218 g/mol. The Bertz CT molecular complexity index is 324. The number of nitrogens with one attached hydrogen (secondary N) is 1. The fraction of sp³-hybridized carbons (Fsp3) is 0.714. The highest BCUT2D eigenvalue weighted by molar-refractivity contribution is 5.28. The second-order valence-electron chi connectivity index (χ2n) is 5.72. The molecule has 0 radical (unpaired) electrons. The van der Waals surface area contributed by atoms with E-state index in [1.54, 1.807) is 5.70 Å². The van der Waals surface area contributed by atoms with Crippen molar-refractivity contribution in [3.8, 4) is 0 Å². The zero-order chi connectivity index (χ0) is 11.0. The molecule has 1 N–H and O–H groups in total. The van der Waals surface area contributed by atoms with Crippen LogP contribution < -0.4 is 5.32 Å². The third kappa shape index (κ3) is 1.80. The van der Waals surface area contributed by atoms with E-state index in [-0.39, 0.29) is 0 Å². The van der Waals surface area contributed by atoms with E-state index in [1.165, 1.54) is 63.9 Å². The monoisotopic (exact) mass is 218 g/mol. The molecule has 1 spiro atoms. The summed E-state index contributed by atoms with van der Waals surface area (Å²) in [7, 11) is 0. The Morgan fingerprint density at radius 2 is 2.00 bits per heavy atom. The first kappa shape index (κ1) is 10.4. The molecular weight excluding hydrogens is 196 g/mol. The van der Waals surface area contributed by atoms with Gasteiger partial charge < -0.3 is 10.2 Å². The molecule has 3 aliphatic rings. The van der Waals surface area contributed by atoms with Crippen molar-refractivity contribution in [2.75, 3.05) is 26.2 Å². The first-order valence-corrected chi connectivity index (χ1v) is 6.62. The Kier molecular flexibility index (Phi) is 2.55. The van der Waals surface area contributed by atoms with Crippen LogP contribution in [0.1, 0.15) is 32.1 Å². The maximum atomic E-state index is 4.07. The Hall–Kier alpha value is -0.760. The van der Waals surface area contributed by atoms with Crippen molar-refractivity contribution in [3.63, 3.8) is 0 Å². The van der Waals surface area contributed by atoms with Gasteiger partial charge in [-0.3, -0.25) is 0 Å². The minimum atomic E-state index is 0.635. The topological polar surface area (TPSA) is 15.3 Å². The summed E-state index contributed by atoms with van der Waals surface area (Å²) in [4.78, 5) is 2.63. The van der Waals surface area contributed by atoms with Crippen LogP contribution in [0.5, 0.6) is 0 Å². The van der Waals surface area contributed by atoms with E-state index in [0.717, 1.165) is 0 Å². The van der Waals surface area contributed by atoms with Gasteiger partial charge in [0.2, 0.25) is 0 Å². The molecule has 0 aromatic carbocycles. The number of likely N-dealkylation sites (tertiary alicyclic amines) is 1. The Morgan fingerprint density at radius 1 is 1.19 bits per heavy atom. The van der Waals surface area contributed by atoms with Crippen LogP contribution in [0.15, 0.2) is 23.9 Å². The van der Waals surface area contributed by atoms with Gasteiger partial charge in [-0.05, 0) is 56.7 Å². The van der Waals surface area contributed by atoms with Crippen LogP contribution in [0, 0.1) is 5.41 Å². The number of allylic oxidation sites excluding steroid dienone is 3. The summed E-state index contributed by atoms with van der Waals surface area (Å²) in [5.74, 6) is 0. The maximum absolute atomic E-state index is 4.07. The van der Waals surface area contributed by atoms with Gasteiger partial charge in [0.15, 0.2) is 0 Å². The number of hydrogen-bond donors (Lipinski definition) is 1. The summed E-state index contributed by atoms with van der Waals surface area (Å²) in [5.41, 5.74) is 3.51. The molecule has 0 bridgehead atoms. The summed E-state index contributed by atoms with van der Waals surface area (Å²) in [6.45, 7) is 9.09. The van der Waals surface area contributed by atoms with E-state index >= 15 is 0 Å². The van der Waals surface area contributed by atoms with Crippen LogP contribution in [0.4, 0.5) is 0 Å². The third-order valence-electron chi connectivity index (χ3n) is 4.58. The molecule has 3 rings (SSSR count). The van der Waals surface area contributed by atoms with Gasteiger partial charge in [-0.2, -0.15) is 0 Å². The molecule has 16 heavy (non-hydrogen) atoms. The molecule has 0 atom stereocenters. The molecule has 88 valence electrons. The second-order valence-corrected chi connectivity index (χ2v) is 5.72. The van der Waals surface area contributed by atoms with Crippen molar-refractivity contribution in [2.45, 2.75) is 32.1 Å². The Balaban J connectivity index is 1.68. The molecule has 0 aromatic rings. The van der Waals surface area contributed by atoms with Crippen LogP contribution in [-0.4, -0.2) is 31.1 Å². The lowest BCUT2D eigenvalue weighted by Crippen LogP contribution is -2.38. The minimum absolute atomic E-state index is 0.635. The largest absolute Gasteiger partial charge is 0.374 e. The van der Waals surface area contributed by atoms with Crippen LogP contribution in [0.2, 0.25) is 0 Å². The number of nitrogens with zero attached hydrogens (tertiary/aromatic N) is 1. The Labute approximate surface area is 98.4 Å². The zero-order valence-electron chi connectivity index (χ0n) is 10.1. The highest BCUT2D eigenvalue weighted by Gasteiger charge is 2.39. The minimum Gasteiger partial charge on any atom is -0.374 e. The Morgan fingerprint density at radius 3 is 2.69 bits per heavy atom. The number of hydrogen-bond acceptors (Lipinski definition) is 2. The number of rotatable bonds is 1. The van der Waals surface area contributed by atoms with E-state index in [0.29, 0.717) is 5.41 Å². The summed E-state index contributed by atoms with van der Waals surface area (Å²) in [6, 6.07) is 0. The summed E-state index contributed by atoms with van der Waals surface area (Å²) in [5, 5.41) is 3.48. The SMILES string of the molecule is C=C1C=C(N2CCC3(CCNCC3)C2)CC1.